The van der Waals surface area contributed by atoms with Crippen LogP contribution in [0.5, 0.6) is 0 Å². The first-order valence-electron chi connectivity index (χ1n) is 6.37. The monoisotopic (exact) mass is 273 g/mol. The van der Waals surface area contributed by atoms with Crippen LogP contribution in [0.1, 0.15) is 18.9 Å². The summed E-state index contributed by atoms with van der Waals surface area (Å²) in [4.78, 5) is 16.3. The Bertz CT molecular complexity index is 641. The van der Waals surface area contributed by atoms with Crippen LogP contribution in [0.3, 0.4) is 0 Å². The van der Waals surface area contributed by atoms with Crippen LogP contribution in [-0.2, 0) is 9.53 Å². The quantitative estimate of drug-likeness (QED) is 0.787. The summed E-state index contributed by atoms with van der Waals surface area (Å²) in [6.45, 7) is 4.00. The van der Waals surface area contributed by atoms with Crippen molar-refractivity contribution in [1.82, 2.24) is 4.98 Å². The Kier molecular flexibility index (Phi) is 3.19. The van der Waals surface area contributed by atoms with Crippen molar-refractivity contribution in [1.29, 1.82) is 0 Å². The molecule has 3 rings (SSSR count). The summed E-state index contributed by atoms with van der Waals surface area (Å²) in [6.07, 6.45) is 0.781. The number of fused-ring (bicyclic) bond motifs is 1. The number of para-hydroxylation sites is 1. The topological polar surface area (TPSA) is 39.2 Å². The van der Waals surface area contributed by atoms with Crippen molar-refractivity contribution in [2.24, 2.45) is 0 Å². The number of nitrogens with zero attached hydrogens (tertiary/aromatic N) is 1. The highest BCUT2D eigenvalue weighted by molar-refractivity contribution is 8.00. The number of carbonyl (C=O) groups excluding carboxylic acids is 1. The van der Waals surface area contributed by atoms with Gasteiger partial charge in [0.1, 0.15) is 11.4 Å². The van der Waals surface area contributed by atoms with Crippen molar-refractivity contribution in [3.8, 4) is 0 Å². The molecule has 2 aromatic rings. The second kappa shape index (κ2) is 4.85. The molecule has 19 heavy (non-hydrogen) atoms. The summed E-state index contributed by atoms with van der Waals surface area (Å²) in [6, 6.07) is 10.1. The van der Waals surface area contributed by atoms with Crippen LogP contribution in [0.4, 0.5) is 0 Å². The van der Waals surface area contributed by atoms with Gasteiger partial charge in [-0.2, -0.15) is 0 Å². The largest absolute Gasteiger partial charge is 0.462 e. The number of pyridine rings is 1. The Hall–Kier alpha value is -1.55. The first kappa shape index (κ1) is 12.5. The van der Waals surface area contributed by atoms with Gasteiger partial charge in [0.15, 0.2) is 0 Å². The number of hydrogen-bond donors (Lipinski definition) is 0. The third-order valence-corrected chi connectivity index (χ3v) is 4.41. The number of hydrogen-bond acceptors (Lipinski definition) is 4. The minimum Gasteiger partial charge on any atom is -0.462 e. The van der Waals surface area contributed by atoms with Crippen LogP contribution in [-0.4, -0.2) is 22.3 Å². The number of esters is 1. The fourth-order valence-electron chi connectivity index (χ4n) is 2.34. The molecule has 3 nitrogen and oxygen atoms in total. The van der Waals surface area contributed by atoms with Crippen LogP contribution in [0.15, 0.2) is 35.4 Å². The van der Waals surface area contributed by atoms with Gasteiger partial charge in [-0.15, -0.1) is 0 Å². The van der Waals surface area contributed by atoms with E-state index in [1.54, 1.807) is 0 Å². The number of benzene rings is 1. The Morgan fingerprint density at radius 3 is 2.89 bits per heavy atom. The van der Waals surface area contributed by atoms with E-state index in [1.165, 1.54) is 17.3 Å². The number of aromatic nitrogens is 1. The van der Waals surface area contributed by atoms with Crippen molar-refractivity contribution in [3.63, 3.8) is 0 Å². The van der Waals surface area contributed by atoms with Crippen LogP contribution in [0.25, 0.3) is 10.9 Å². The molecule has 1 saturated heterocycles. The first-order chi connectivity index (χ1) is 9.13. The second-order valence-corrected chi connectivity index (χ2v) is 6.11. The maximum absolute atomic E-state index is 11.7. The molecule has 0 unspecified atom stereocenters. The van der Waals surface area contributed by atoms with E-state index < -0.39 is 0 Å². The van der Waals surface area contributed by atoms with Gasteiger partial charge in [-0.1, -0.05) is 30.0 Å². The molecule has 0 saturated carbocycles. The van der Waals surface area contributed by atoms with E-state index in [0.29, 0.717) is 0 Å². The number of aryl methyl sites for hydroxylation is 1. The lowest BCUT2D eigenvalue weighted by atomic mass is 10.1. The van der Waals surface area contributed by atoms with Gasteiger partial charge in [0.25, 0.3) is 0 Å². The predicted molar refractivity (Wildman–Crippen MR) is 76.3 cm³/mol. The number of ether oxygens (including phenoxy) is 1. The van der Waals surface area contributed by atoms with E-state index in [2.05, 4.69) is 18.0 Å². The van der Waals surface area contributed by atoms with Crippen molar-refractivity contribution in [3.05, 3.63) is 35.9 Å². The van der Waals surface area contributed by atoms with E-state index in [0.717, 1.165) is 22.3 Å². The lowest BCUT2D eigenvalue weighted by Gasteiger charge is -2.08. The van der Waals surface area contributed by atoms with Gasteiger partial charge < -0.3 is 4.74 Å². The number of thioether (sulfide) groups is 1. The molecule has 2 atom stereocenters. The fraction of sp³-hybridized carbons (Fsp3) is 0.333. The highest BCUT2D eigenvalue weighted by atomic mass is 32.2. The summed E-state index contributed by atoms with van der Waals surface area (Å²) in [5.41, 5.74) is 2.16. The summed E-state index contributed by atoms with van der Waals surface area (Å²) in [7, 11) is 0. The van der Waals surface area contributed by atoms with Crippen molar-refractivity contribution < 1.29 is 9.53 Å². The third-order valence-electron chi connectivity index (χ3n) is 3.29. The summed E-state index contributed by atoms with van der Waals surface area (Å²) in [5.74, 6) is -0.120. The number of carbonyl (C=O) groups is 1. The normalized spacial score (nSPS) is 22.7. The van der Waals surface area contributed by atoms with Crippen molar-refractivity contribution >= 4 is 28.6 Å². The number of rotatable bonds is 2. The molecule has 1 aromatic heterocycles. The summed E-state index contributed by atoms with van der Waals surface area (Å²) >= 11 is 1.51. The van der Waals surface area contributed by atoms with Crippen molar-refractivity contribution in [2.75, 3.05) is 0 Å². The minimum atomic E-state index is -0.122. The molecule has 98 valence electrons. The highest BCUT2D eigenvalue weighted by Crippen LogP contribution is 2.32. The molecule has 1 aliphatic rings. The van der Waals surface area contributed by atoms with Crippen LogP contribution < -0.4 is 0 Å². The van der Waals surface area contributed by atoms with E-state index in [9.17, 15) is 4.79 Å². The van der Waals surface area contributed by atoms with Gasteiger partial charge in [0.05, 0.1) is 10.5 Å². The average molecular weight is 273 g/mol. The fourth-order valence-corrected chi connectivity index (χ4v) is 3.55. The molecule has 1 aromatic carbocycles. The molecule has 0 spiro atoms. The molecule has 0 N–H and O–H groups in total. The Morgan fingerprint density at radius 1 is 1.37 bits per heavy atom. The minimum absolute atomic E-state index is 0.0200. The average Bonchev–Trinajstić information content (AvgIpc) is 2.68. The maximum atomic E-state index is 11.7. The highest BCUT2D eigenvalue weighted by Gasteiger charge is 2.33. The lowest BCUT2D eigenvalue weighted by molar-refractivity contribution is -0.140. The third kappa shape index (κ3) is 2.45. The summed E-state index contributed by atoms with van der Waals surface area (Å²) in [5, 5.41) is 1.93. The van der Waals surface area contributed by atoms with Crippen LogP contribution in [0, 0.1) is 6.92 Å². The van der Waals surface area contributed by atoms with Crippen LogP contribution >= 0.6 is 11.8 Å². The van der Waals surface area contributed by atoms with Gasteiger partial charge >= 0.3 is 5.97 Å². The second-order valence-electron chi connectivity index (χ2n) is 4.88. The lowest BCUT2D eigenvalue weighted by Crippen LogP contribution is -2.09. The molecular formula is C15H15NO2S. The zero-order valence-electron chi connectivity index (χ0n) is 10.9. The Labute approximate surface area is 116 Å². The van der Waals surface area contributed by atoms with Gasteiger partial charge in [-0.05, 0) is 31.5 Å². The van der Waals surface area contributed by atoms with E-state index in [4.69, 9.17) is 4.74 Å². The molecule has 0 aliphatic carbocycles. The van der Waals surface area contributed by atoms with Gasteiger partial charge in [-0.25, -0.2) is 4.98 Å². The van der Waals surface area contributed by atoms with Crippen molar-refractivity contribution in [2.45, 2.75) is 36.6 Å². The zero-order valence-corrected chi connectivity index (χ0v) is 11.7. The molecule has 1 fully saturated rings. The zero-order chi connectivity index (χ0) is 13.4. The standard InChI is InChI=1S/C15H15NO2S/c1-9-7-14(16-12-6-4-3-5-11(9)12)19-13-8-10(2)18-15(13)17/h3-7,10,13H,8H2,1-2H3/t10-,13+/m0/s1. The van der Waals surface area contributed by atoms with Crippen LogP contribution in [0.2, 0.25) is 0 Å². The SMILES string of the molecule is Cc1cc(S[C@@H]2C[C@H](C)OC2=O)nc2ccccc12. The van der Waals surface area contributed by atoms with E-state index in [-0.39, 0.29) is 17.3 Å². The molecule has 0 bridgehead atoms. The molecule has 2 heterocycles. The smallest absolute Gasteiger partial charge is 0.319 e. The Balaban J connectivity index is 1.91. The molecule has 0 amide bonds. The molecule has 4 heteroatoms. The molecule has 1 aliphatic heterocycles. The van der Waals surface area contributed by atoms with Gasteiger partial charge in [-0.3, -0.25) is 4.79 Å². The predicted octanol–water partition coefficient (Wildman–Crippen LogP) is 3.34. The maximum Gasteiger partial charge on any atom is 0.319 e. The number of cyclic esters (lactones) is 1. The van der Waals surface area contributed by atoms with E-state index in [1.807, 2.05) is 31.2 Å². The molecule has 0 radical (unpaired) electrons. The molecular weight excluding hydrogens is 258 g/mol. The summed E-state index contributed by atoms with van der Waals surface area (Å²) < 4.78 is 5.18. The Morgan fingerprint density at radius 2 is 2.16 bits per heavy atom. The van der Waals surface area contributed by atoms with Gasteiger partial charge in [0, 0.05) is 11.8 Å². The van der Waals surface area contributed by atoms with E-state index >= 15 is 0 Å². The van der Waals surface area contributed by atoms with Gasteiger partial charge in [0.2, 0.25) is 0 Å². The first-order valence-corrected chi connectivity index (χ1v) is 7.25.